The zero-order chi connectivity index (χ0) is 25.7. The number of nitrogens with one attached hydrogen (secondary N) is 1. The van der Waals surface area contributed by atoms with E-state index in [4.69, 9.17) is 14.2 Å². The van der Waals surface area contributed by atoms with Gasteiger partial charge in [0.15, 0.2) is 11.5 Å². The molecule has 0 aliphatic carbocycles. The van der Waals surface area contributed by atoms with Gasteiger partial charge in [0, 0.05) is 56.8 Å². The third kappa shape index (κ3) is 5.93. The van der Waals surface area contributed by atoms with Crippen LogP contribution in [-0.2, 0) is 11.3 Å². The molecule has 0 aromatic heterocycles. The molecule has 1 saturated heterocycles. The Morgan fingerprint density at radius 1 is 1.03 bits per heavy atom. The van der Waals surface area contributed by atoms with Crippen molar-refractivity contribution >= 4 is 23.4 Å². The summed E-state index contributed by atoms with van der Waals surface area (Å²) in [7, 11) is 6.93. The maximum atomic E-state index is 12.6. The van der Waals surface area contributed by atoms with Gasteiger partial charge in [-0.25, -0.2) is 0 Å². The standard InChI is InChI=1S/C26H36N4O5S/c1-28-20-7-6-19(31)15-22(20)36-24(28)9-10-27-23(32)17-30-13-11-29(12-14-30)16-18-5-8-21(33-2)26(35-4)25(18)34-3/h5-8,15,24,31H,9-14,16-17H2,1-4H3,(H,27,32). The fraction of sp³-hybridized carbons (Fsp3) is 0.500. The molecule has 0 bridgehead atoms. The van der Waals surface area contributed by atoms with Crippen LogP contribution in [0.5, 0.6) is 23.0 Å². The van der Waals surface area contributed by atoms with Crippen LogP contribution in [-0.4, -0.2) is 93.8 Å². The van der Waals surface area contributed by atoms with Crippen molar-refractivity contribution in [3.63, 3.8) is 0 Å². The van der Waals surface area contributed by atoms with Gasteiger partial charge in [0.25, 0.3) is 0 Å². The number of hydrogen-bond acceptors (Lipinski definition) is 9. The summed E-state index contributed by atoms with van der Waals surface area (Å²) in [6.45, 7) is 5.20. The fourth-order valence-electron chi connectivity index (χ4n) is 4.75. The number of rotatable bonds is 10. The Morgan fingerprint density at radius 2 is 1.75 bits per heavy atom. The molecule has 2 aliphatic rings. The van der Waals surface area contributed by atoms with Crippen molar-refractivity contribution in [3.8, 4) is 23.0 Å². The molecule has 2 aromatic rings. The quantitative estimate of drug-likeness (QED) is 0.495. The Balaban J connectivity index is 1.19. The first kappa shape index (κ1) is 26.2. The number of ether oxygens (including phenoxy) is 3. The van der Waals surface area contributed by atoms with Crippen LogP contribution in [0.4, 0.5) is 5.69 Å². The van der Waals surface area contributed by atoms with Gasteiger partial charge in [-0.3, -0.25) is 14.6 Å². The maximum absolute atomic E-state index is 12.6. The summed E-state index contributed by atoms with van der Waals surface area (Å²) in [5.41, 5.74) is 2.17. The fourth-order valence-corrected chi connectivity index (χ4v) is 6.07. The number of anilines is 1. The minimum Gasteiger partial charge on any atom is -0.508 e. The Morgan fingerprint density at radius 3 is 2.44 bits per heavy atom. The lowest BCUT2D eigenvalue weighted by Gasteiger charge is -2.34. The summed E-state index contributed by atoms with van der Waals surface area (Å²) < 4.78 is 16.5. The summed E-state index contributed by atoms with van der Waals surface area (Å²) in [4.78, 5) is 20.4. The minimum absolute atomic E-state index is 0.0609. The summed E-state index contributed by atoms with van der Waals surface area (Å²) in [6, 6.07) is 9.38. The highest BCUT2D eigenvalue weighted by atomic mass is 32.2. The van der Waals surface area contributed by atoms with Gasteiger partial charge in [0.1, 0.15) is 5.75 Å². The molecule has 2 aliphatic heterocycles. The number of carbonyl (C=O) groups excluding carboxylic acids is 1. The Labute approximate surface area is 217 Å². The number of amides is 1. The Hall–Kier alpha value is -2.82. The number of nitrogens with zero attached hydrogens (tertiary/aromatic N) is 3. The number of methoxy groups -OCH3 is 3. The van der Waals surface area contributed by atoms with Crippen LogP contribution >= 0.6 is 11.8 Å². The number of phenolic OH excluding ortho intramolecular Hbond substituents is 1. The number of carbonyl (C=O) groups is 1. The van der Waals surface area contributed by atoms with Gasteiger partial charge < -0.3 is 29.5 Å². The summed E-state index contributed by atoms with van der Waals surface area (Å²) in [5, 5.41) is 13.0. The van der Waals surface area contributed by atoms with E-state index in [1.807, 2.05) is 18.2 Å². The number of aromatic hydroxyl groups is 1. The van der Waals surface area contributed by atoms with Crippen molar-refractivity contribution in [2.24, 2.45) is 0 Å². The molecule has 2 heterocycles. The average Bonchev–Trinajstić information content (AvgIpc) is 3.18. The smallest absolute Gasteiger partial charge is 0.234 e. The van der Waals surface area contributed by atoms with Crippen LogP contribution in [0.2, 0.25) is 0 Å². The van der Waals surface area contributed by atoms with Gasteiger partial charge in [-0.05, 0) is 30.7 Å². The molecule has 2 aromatic carbocycles. The van der Waals surface area contributed by atoms with E-state index in [-0.39, 0.29) is 17.0 Å². The molecule has 0 spiro atoms. The molecular weight excluding hydrogens is 480 g/mol. The van der Waals surface area contributed by atoms with E-state index in [1.165, 1.54) is 0 Å². The van der Waals surface area contributed by atoms with Crippen molar-refractivity contribution in [3.05, 3.63) is 35.9 Å². The zero-order valence-corrected chi connectivity index (χ0v) is 22.3. The van der Waals surface area contributed by atoms with Crippen LogP contribution in [0, 0.1) is 0 Å². The molecule has 1 amide bonds. The van der Waals surface area contributed by atoms with Crippen molar-refractivity contribution in [2.75, 3.05) is 72.5 Å². The molecule has 2 N–H and O–H groups in total. The number of thioether (sulfide) groups is 1. The van der Waals surface area contributed by atoms with Crippen molar-refractivity contribution in [2.45, 2.75) is 23.2 Å². The highest BCUT2D eigenvalue weighted by molar-refractivity contribution is 8.00. The predicted octanol–water partition coefficient (Wildman–Crippen LogP) is 2.61. The topological polar surface area (TPSA) is 86.7 Å². The van der Waals surface area contributed by atoms with Crippen molar-refractivity contribution < 1.29 is 24.1 Å². The molecule has 1 unspecified atom stereocenters. The number of benzene rings is 2. The van der Waals surface area contributed by atoms with Crippen LogP contribution in [0.3, 0.4) is 0 Å². The van der Waals surface area contributed by atoms with E-state index >= 15 is 0 Å². The molecule has 1 atom stereocenters. The minimum atomic E-state index is 0.0609. The first-order valence-corrected chi connectivity index (χ1v) is 13.0. The van der Waals surface area contributed by atoms with E-state index in [1.54, 1.807) is 45.2 Å². The monoisotopic (exact) mass is 516 g/mol. The SMILES string of the molecule is COc1ccc(CN2CCN(CC(=O)NCCC3Sc4cc(O)ccc4N3C)CC2)c(OC)c1OC. The second kappa shape index (κ2) is 11.9. The van der Waals surface area contributed by atoms with Gasteiger partial charge in [-0.15, -0.1) is 0 Å². The lowest BCUT2D eigenvalue weighted by atomic mass is 10.1. The Kier molecular flexibility index (Phi) is 8.71. The number of piperazine rings is 1. The molecule has 36 heavy (non-hydrogen) atoms. The molecule has 4 rings (SSSR count). The largest absolute Gasteiger partial charge is 0.508 e. The lowest BCUT2D eigenvalue weighted by Crippen LogP contribution is -2.49. The average molecular weight is 517 g/mol. The van der Waals surface area contributed by atoms with Gasteiger partial charge >= 0.3 is 0 Å². The first-order chi connectivity index (χ1) is 17.4. The van der Waals surface area contributed by atoms with E-state index in [2.05, 4.69) is 27.1 Å². The molecule has 10 heteroatoms. The van der Waals surface area contributed by atoms with E-state index in [0.29, 0.717) is 30.3 Å². The summed E-state index contributed by atoms with van der Waals surface area (Å²) >= 11 is 1.73. The highest BCUT2D eigenvalue weighted by Gasteiger charge is 2.27. The van der Waals surface area contributed by atoms with Crippen LogP contribution in [0.25, 0.3) is 0 Å². The summed E-state index contributed by atoms with van der Waals surface area (Å²) in [5.74, 6) is 2.30. The third-order valence-corrected chi connectivity index (χ3v) is 8.15. The van der Waals surface area contributed by atoms with Crippen LogP contribution in [0.1, 0.15) is 12.0 Å². The lowest BCUT2D eigenvalue weighted by molar-refractivity contribution is -0.122. The van der Waals surface area contributed by atoms with Gasteiger partial charge in [-0.2, -0.15) is 0 Å². The molecular formula is C26H36N4O5S. The summed E-state index contributed by atoms with van der Waals surface area (Å²) in [6.07, 6.45) is 0.837. The second-order valence-corrected chi connectivity index (χ2v) is 10.2. The zero-order valence-electron chi connectivity index (χ0n) is 21.5. The maximum Gasteiger partial charge on any atom is 0.234 e. The van der Waals surface area contributed by atoms with Crippen LogP contribution < -0.4 is 24.4 Å². The number of fused-ring (bicyclic) bond motifs is 1. The third-order valence-electron chi connectivity index (χ3n) is 6.74. The van der Waals surface area contributed by atoms with Gasteiger partial charge in [0.2, 0.25) is 11.7 Å². The van der Waals surface area contributed by atoms with Gasteiger partial charge in [0.05, 0.1) is 38.9 Å². The van der Waals surface area contributed by atoms with E-state index < -0.39 is 0 Å². The molecule has 0 saturated carbocycles. The van der Waals surface area contributed by atoms with E-state index in [9.17, 15) is 9.90 Å². The molecule has 0 radical (unpaired) electrons. The highest BCUT2D eigenvalue weighted by Crippen LogP contribution is 2.45. The molecule has 9 nitrogen and oxygen atoms in total. The van der Waals surface area contributed by atoms with Crippen molar-refractivity contribution in [1.82, 2.24) is 15.1 Å². The van der Waals surface area contributed by atoms with Crippen molar-refractivity contribution in [1.29, 1.82) is 0 Å². The molecule has 1 fully saturated rings. The normalized spacial score (nSPS) is 18.1. The first-order valence-electron chi connectivity index (χ1n) is 12.1. The number of hydrogen-bond donors (Lipinski definition) is 2. The Bertz CT molecular complexity index is 1060. The predicted molar refractivity (Wildman–Crippen MR) is 142 cm³/mol. The van der Waals surface area contributed by atoms with E-state index in [0.717, 1.165) is 55.3 Å². The van der Waals surface area contributed by atoms with Crippen LogP contribution in [0.15, 0.2) is 35.2 Å². The van der Waals surface area contributed by atoms with Gasteiger partial charge in [-0.1, -0.05) is 17.8 Å². The number of phenols is 1. The molecule has 196 valence electrons. The second-order valence-electron chi connectivity index (χ2n) is 9.02.